The van der Waals surface area contributed by atoms with Gasteiger partial charge in [-0.15, -0.1) is 0 Å². The smallest absolute Gasteiger partial charge is 0.0639 e. The van der Waals surface area contributed by atoms with Gasteiger partial charge in [-0.2, -0.15) is 0 Å². The zero-order valence-electron chi connectivity index (χ0n) is 12.4. The summed E-state index contributed by atoms with van der Waals surface area (Å²) in [7, 11) is 0. The lowest BCUT2D eigenvalue weighted by Crippen LogP contribution is -1.92. The molecule has 0 atom stereocenters. The van der Waals surface area contributed by atoms with Gasteiger partial charge in [0, 0.05) is 12.4 Å². The van der Waals surface area contributed by atoms with Crippen molar-refractivity contribution in [2.75, 3.05) is 0 Å². The average molecular weight is 284 g/mol. The monoisotopic (exact) mass is 284 g/mol. The van der Waals surface area contributed by atoms with Crippen molar-refractivity contribution in [3.8, 4) is 16.8 Å². The number of aromatic nitrogens is 2. The van der Waals surface area contributed by atoms with Crippen LogP contribution in [-0.4, -0.2) is 9.55 Å². The lowest BCUT2D eigenvalue weighted by Gasteiger charge is -2.07. The molecule has 0 fully saturated rings. The molecule has 0 spiro atoms. The van der Waals surface area contributed by atoms with Gasteiger partial charge < -0.3 is 4.57 Å². The van der Waals surface area contributed by atoms with E-state index in [4.69, 9.17) is 0 Å². The van der Waals surface area contributed by atoms with E-state index in [-0.39, 0.29) is 0 Å². The second-order valence-corrected chi connectivity index (χ2v) is 5.54. The van der Waals surface area contributed by atoms with Gasteiger partial charge in [0.1, 0.15) is 0 Å². The third-order valence-corrected chi connectivity index (χ3v) is 3.97. The Kier molecular flexibility index (Phi) is 3.01. The second-order valence-electron chi connectivity index (χ2n) is 5.54. The summed E-state index contributed by atoms with van der Waals surface area (Å²) in [6, 6.07) is 21.4. The molecule has 0 aliphatic rings. The summed E-state index contributed by atoms with van der Waals surface area (Å²) in [5.41, 5.74) is 6.05. The predicted molar refractivity (Wildman–Crippen MR) is 91.2 cm³/mol. The maximum Gasteiger partial charge on any atom is 0.0639 e. The van der Waals surface area contributed by atoms with E-state index in [2.05, 4.69) is 77.3 Å². The summed E-state index contributed by atoms with van der Waals surface area (Å²) < 4.78 is 2.18. The van der Waals surface area contributed by atoms with E-state index in [1.165, 1.54) is 27.6 Å². The molecule has 106 valence electrons. The molecule has 0 bridgehead atoms. The Balaban J connectivity index is 1.90. The van der Waals surface area contributed by atoms with Crippen LogP contribution in [-0.2, 0) is 0 Å². The third kappa shape index (κ3) is 2.19. The number of hydrogen-bond donors (Lipinski definition) is 0. The van der Waals surface area contributed by atoms with E-state index in [0.717, 1.165) is 5.69 Å². The van der Waals surface area contributed by atoms with Crippen LogP contribution < -0.4 is 0 Å². The first kappa shape index (κ1) is 12.8. The molecule has 0 amide bonds. The minimum absolute atomic E-state index is 1.08. The average Bonchev–Trinajstić information content (AvgIpc) is 2.99. The van der Waals surface area contributed by atoms with Gasteiger partial charge in [-0.1, -0.05) is 42.0 Å². The van der Waals surface area contributed by atoms with Gasteiger partial charge in [0.15, 0.2) is 0 Å². The molecule has 0 N–H and O–H groups in total. The fraction of sp³-hybridized carbons (Fsp3) is 0.0500. The Hall–Kier alpha value is -2.87. The molecule has 2 nitrogen and oxygen atoms in total. The Bertz CT molecular complexity index is 936. The van der Waals surface area contributed by atoms with Gasteiger partial charge >= 0.3 is 0 Å². The Morgan fingerprint density at radius 1 is 0.864 bits per heavy atom. The van der Waals surface area contributed by atoms with Gasteiger partial charge in [0.05, 0.1) is 17.4 Å². The second kappa shape index (κ2) is 5.15. The molecule has 2 aromatic heterocycles. The number of pyridine rings is 1. The van der Waals surface area contributed by atoms with Crippen LogP contribution in [0.15, 0.2) is 79.3 Å². The first-order valence-electron chi connectivity index (χ1n) is 7.40. The van der Waals surface area contributed by atoms with Gasteiger partial charge in [0.2, 0.25) is 0 Å². The van der Waals surface area contributed by atoms with Crippen molar-refractivity contribution in [3.05, 3.63) is 84.8 Å². The number of rotatable bonds is 2. The highest BCUT2D eigenvalue weighted by atomic mass is 15.0. The number of hydrogen-bond acceptors (Lipinski definition) is 1. The minimum Gasteiger partial charge on any atom is -0.315 e. The molecule has 2 aromatic carbocycles. The van der Waals surface area contributed by atoms with E-state index in [9.17, 15) is 0 Å². The van der Waals surface area contributed by atoms with Crippen molar-refractivity contribution in [2.45, 2.75) is 6.92 Å². The van der Waals surface area contributed by atoms with Crippen molar-refractivity contribution < 1.29 is 0 Å². The Labute approximate surface area is 129 Å². The summed E-state index contributed by atoms with van der Waals surface area (Å²) in [5.74, 6) is 0. The highest BCUT2D eigenvalue weighted by Crippen LogP contribution is 2.27. The molecule has 2 heteroatoms. The quantitative estimate of drug-likeness (QED) is 0.506. The SMILES string of the molecule is Cc1cccc(-c2ccc3ccn(-c4cccnc4)c3c2)c1. The third-order valence-electron chi connectivity index (χ3n) is 3.97. The van der Waals surface area contributed by atoms with Crippen LogP contribution in [0.1, 0.15) is 5.56 Å². The summed E-state index contributed by atoms with van der Waals surface area (Å²) in [5, 5.41) is 1.24. The van der Waals surface area contributed by atoms with Gasteiger partial charge in [-0.3, -0.25) is 4.98 Å². The molecule has 0 saturated heterocycles. The van der Waals surface area contributed by atoms with Crippen LogP contribution in [0.2, 0.25) is 0 Å². The number of fused-ring (bicyclic) bond motifs is 1. The van der Waals surface area contributed by atoms with E-state index in [1.807, 2.05) is 12.3 Å². The van der Waals surface area contributed by atoms with Crippen LogP contribution >= 0.6 is 0 Å². The van der Waals surface area contributed by atoms with Crippen molar-refractivity contribution in [2.24, 2.45) is 0 Å². The van der Waals surface area contributed by atoms with Gasteiger partial charge in [-0.05, 0) is 47.7 Å². The van der Waals surface area contributed by atoms with Crippen molar-refractivity contribution >= 4 is 10.9 Å². The predicted octanol–water partition coefficient (Wildman–Crippen LogP) is 5.00. The van der Waals surface area contributed by atoms with Crippen LogP contribution in [0.5, 0.6) is 0 Å². The van der Waals surface area contributed by atoms with E-state index < -0.39 is 0 Å². The number of aryl methyl sites for hydroxylation is 1. The first-order chi connectivity index (χ1) is 10.8. The summed E-state index contributed by atoms with van der Waals surface area (Å²) in [6.45, 7) is 2.13. The fourth-order valence-electron chi connectivity index (χ4n) is 2.85. The molecule has 0 saturated carbocycles. The minimum atomic E-state index is 1.08. The van der Waals surface area contributed by atoms with E-state index in [0.29, 0.717) is 0 Å². The van der Waals surface area contributed by atoms with Crippen LogP contribution in [0.4, 0.5) is 0 Å². The van der Waals surface area contributed by atoms with Crippen LogP contribution in [0, 0.1) is 6.92 Å². The molecule has 0 unspecified atom stereocenters. The molecule has 22 heavy (non-hydrogen) atoms. The zero-order chi connectivity index (χ0) is 14.9. The molecular formula is C20H16N2. The lowest BCUT2D eigenvalue weighted by molar-refractivity contribution is 1.10. The van der Waals surface area contributed by atoms with Crippen LogP contribution in [0.3, 0.4) is 0 Å². The fourth-order valence-corrected chi connectivity index (χ4v) is 2.85. The van der Waals surface area contributed by atoms with E-state index in [1.54, 1.807) is 6.20 Å². The largest absolute Gasteiger partial charge is 0.315 e. The lowest BCUT2D eigenvalue weighted by atomic mass is 10.0. The summed E-state index contributed by atoms with van der Waals surface area (Å²) in [6.07, 6.45) is 5.79. The highest BCUT2D eigenvalue weighted by molar-refractivity contribution is 5.86. The highest BCUT2D eigenvalue weighted by Gasteiger charge is 2.06. The number of nitrogens with zero attached hydrogens (tertiary/aromatic N) is 2. The van der Waals surface area contributed by atoms with Crippen LogP contribution in [0.25, 0.3) is 27.7 Å². The Morgan fingerprint density at radius 2 is 1.77 bits per heavy atom. The standard InChI is InChI=1S/C20H16N2/c1-15-4-2-5-17(12-15)18-8-7-16-9-11-22(20(16)13-18)19-6-3-10-21-14-19/h2-14H,1H3. The molecular weight excluding hydrogens is 268 g/mol. The summed E-state index contributed by atoms with van der Waals surface area (Å²) in [4.78, 5) is 4.22. The molecule has 0 radical (unpaired) electrons. The molecule has 4 aromatic rings. The summed E-state index contributed by atoms with van der Waals surface area (Å²) >= 11 is 0. The maximum absolute atomic E-state index is 4.22. The molecule has 0 aliphatic carbocycles. The maximum atomic E-state index is 4.22. The van der Waals surface area contributed by atoms with Gasteiger partial charge in [0.25, 0.3) is 0 Å². The van der Waals surface area contributed by atoms with E-state index >= 15 is 0 Å². The topological polar surface area (TPSA) is 17.8 Å². The first-order valence-corrected chi connectivity index (χ1v) is 7.40. The molecule has 0 aliphatic heterocycles. The number of benzene rings is 2. The Morgan fingerprint density at radius 3 is 2.59 bits per heavy atom. The molecule has 4 rings (SSSR count). The van der Waals surface area contributed by atoms with Crippen molar-refractivity contribution in [3.63, 3.8) is 0 Å². The zero-order valence-corrected chi connectivity index (χ0v) is 12.4. The van der Waals surface area contributed by atoms with Crippen molar-refractivity contribution in [1.82, 2.24) is 9.55 Å². The van der Waals surface area contributed by atoms with Gasteiger partial charge in [-0.25, -0.2) is 0 Å². The van der Waals surface area contributed by atoms with Crippen molar-refractivity contribution in [1.29, 1.82) is 0 Å². The normalized spacial score (nSPS) is 11.0. The molecule has 2 heterocycles.